The van der Waals surface area contributed by atoms with Crippen LogP contribution in [0.25, 0.3) is 39.2 Å². The Hall–Kier alpha value is -3.24. The van der Waals surface area contributed by atoms with Crippen LogP contribution < -0.4 is 0 Å². The van der Waals surface area contributed by atoms with Crippen LogP contribution in [0.15, 0.2) is 52.4 Å². The molecule has 0 unspecified atom stereocenters. The van der Waals surface area contributed by atoms with Crippen molar-refractivity contribution in [2.24, 2.45) is 0 Å². The van der Waals surface area contributed by atoms with Crippen LogP contribution in [0.4, 0.5) is 13.2 Å². The van der Waals surface area contributed by atoms with Crippen molar-refractivity contribution in [1.29, 1.82) is 0 Å². The molecule has 0 saturated heterocycles. The van der Waals surface area contributed by atoms with Gasteiger partial charge in [-0.3, -0.25) is 0 Å². The fraction of sp³-hybridized carbons (Fsp3) is 0.100. The summed E-state index contributed by atoms with van der Waals surface area (Å²) in [7, 11) is 0. The van der Waals surface area contributed by atoms with Gasteiger partial charge < -0.3 is 4.52 Å². The van der Waals surface area contributed by atoms with Gasteiger partial charge in [-0.05, 0) is 24.4 Å². The summed E-state index contributed by atoms with van der Waals surface area (Å²) in [5, 5.41) is 9.54. The topological polar surface area (TPSA) is 69.1 Å². The van der Waals surface area contributed by atoms with Crippen LogP contribution in [0.3, 0.4) is 0 Å². The smallest absolute Gasteiger partial charge is 0.332 e. The van der Waals surface area contributed by atoms with Gasteiger partial charge in [0.25, 0.3) is 5.89 Å². The van der Waals surface area contributed by atoms with Crippen LogP contribution in [0.2, 0.25) is 5.02 Å². The van der Waals surface area contributed by atoms with E-state index in [-0.39, 0.29) is 33.8 Å². The van der Waals surface area contributed by atoms with Crippen molar-refractivity contribution in [3.63, 3.8) is 0 Å². The van der Waals surface area contributed by atoms with E-state index in [2.05, 4.69) is 20.2 Å². The number of halogens is 4. The first-order valence-corrected chi connectivity index (χ1v) is 10.2. The Labute approximate surface area is 181 Å². The number of hydrogen-bond acceptors (Lipinski definition) is 6. The maximum atomic E-state index is 13.8. The summed E-state index contributed by atoms with van der Waals surface area (Å²) >= 11 is 7.66. The molecule has 0 aliphatic heterocycles. The number of nitrogens with zero attached hydrogens (tertiary/aromatic N) is 5. The second-order valence-electron chi connectivity index (χ2n) is 6.69. The van der Waals surface area contributed by atoms with Gasteiger partial charge in [-0.25, -0.2) is 9.50 Å². The van der Waals surface area contributed by atoms with E-state index in [0.717, 1.165) is 11.6 Å². The highest BCUT2D eigenvalue weighted by atomic mass is 35.5. The van der Waals surface area contributed by atoms with Crippen molar-refractivity contribution in [2.75, 3.05) is 0 Å². The van der Waals surface area contributed by atoms with E-state index in [1.807, 2.05) is 31.2 Å². The second kappa shape index (κ2) is 7.17. The predicted molar refractivity (Wildman–Crippen MR) is 110 cm³/mol. The van der Waals surface area contributed by atoms with Gasteiger partial charge in [0.1, 0.15) is 5.02 Å². The lowest BCUT2D eigenvalue weighted by atomic mass is 10.1. The fourth-order valence-electron chi connectivity index (χ4n) is 3.02. The summed E-state index contributed by atoms with van der Waals surface area (Å²) in [4.78, 5) is 9.13. The van der Waals surface area contributed by atoms with Gasteiger partial charge >= 0.3 is 6.18 Å². The van der Waals surface area contributed by atoms with E-state index >= 15 is 0 Å². The van der Waals surface area contributed by atoms with Gasteiger partial charge in [0.05, 0.1) is 10.6 Å². The van der Waals surface area contributed by atoms with E-state index in [0.29, 0.717) is 15.0 Å². The van der Waals surface area contributed by atoms with Crippen molar-refractivity contribution in [2.45, 2.75) is 13.1 Å². The maximum Gasteiger partial charge on any atom is 0.433 e. The third kappa shape index (κ3) is 3.47. The van der Waals surface area contributed by atoms with Crippen molar-refractivity contribution < 1.29 is 17.7 Å². The minimum atomic E-state index is -4.68. The lowest BCUT2D eigenvalue weighted by molar-refractivity contribution is -0.142. The lowest BCUT2D eigenvalue weighted by Crippen LogP contribution is -2.13. The van der Waals surface area contributed by atoms with Crippen LogP contribution in [0.1, 0.15) is 11.3 Å². The fourth-order valence-corrected chi connectivity index (χ4v) is 3.95. The normalized spacial score (nSPS) is 12.0. The molecule has 0 amide bonds. The average Bonchev–Trinajstić information content (AvgIpc) is 3.48. The van der Waals surface area contributed by atoms with E-state index in [1.165, 1.54) is 11.3 Å². The molecule has 31 heavy (non-hydrogen) atoms. The van der Waals surface area contributed by atoms with Crippen molar-refractivity contribution >= 4 is 28.6 Å². The highest BCUT2D eigenvalue weighted by molar-refractivity contribution is 7.13. The molecule has 0 N–H and O–H groups in total. The van der Waals surface area contributed by atoms with E-state index in [9.17, 15) is 13.2 Å². The predicted octanol–water partition coefficient (Wildman–Crippen LogP) is 6.16. The number of hydrogen-bond donors (Lipinski definition) is 0. The zero-order valence-electron chi connectivity index (χ0n) is 15.7. The van der Waals surface area contributed by atoms with E-state index in [4.69, 9.17) is 16.1 Å². The molecule has 1 aromatic carbocycles. The zero-order chi connectivity index (χ0) is 21.8. The highest BCUT2D eigenvalue weighted by Crippen LogP contribution is 2.37. The zero-order valence-corrected chi connectivity index (χ0v) is 17.3. The molecule has 0 bridgehead atoms. The average molecular weight is 462 g/mol. The molecule has 156 valence electrons. The van der Waals surface area contributed by atoms with Gasteiger partial charge in [-0.1, -0.05) is 52.7 Å². The molecule has 4 heterocycles. The summed E-state index contributed by atoms with van der Waals surface area (Å²) in [6.07, 6.45) is -4.68. The monoisotopic (exact) mass is 461 g/mol. The Morgan fingerprint density at radius 2 is 1.87 bits per heavy atom. The van der Waals surface area contributed by atoms with Gasteiger partial charge in [0.15, 0.2) is 17.0 Å². The minimum absolute atomic E-state index is 0.0751. The Kier molecular flexibility index (Phi) is 4.56. The molecule has 4 aromatic heterocycles. The Balaban J connectivity index is 1.67. The quantitative estimate of drug-likeness (QED) is 0.322. The summed E-state index contributed by atoms with van der Waals surface area (Å²) in [5.41, 5.74) is 0.665. The standard InChI is InChI=1S/C20H11ClF3N5OS/c1-10-4-6-11(7-5-10)17-26-19(30-28-17)16-15(21)18-25-12(13-3-2-8-31-13)9-14(20(22,23)24)29(18)27-16/h2-9H,1H3. The largest absolute Gasteiger partial charge is 0.433 e. The lowest BCUT2D eigenvalue weighted by Gasteiger charge is -2.10. The van der Waals surface area contributed by atoms with Crippen LogP contribution in [0, 0.1) is 6.92 Å². The molecule has 0 radical (unpaired) electrons. The third-order valence-corrected chi connectivity index (χ3v) is 5.78. The molecule has 0 spiro atoms. The Morgan fingerprint density at radius 1 is 1.10 bits per heavy atom. The Bertz CT molecular complexity index is 1390. The molecule has 6 nitrogen and oxygen atoms in total. The Morgan fingerprint density at radius 3 is 2.55 bits per heavy atom. The summed E-state index contributed by atoms with van der Waals surface area (Å²) < 4.78 is 47.2. The maximum absolute atomic E-state index is 13.8. The molecule has 5 aromatic rings. The second-order valence-corrected chi connectivity index (χ2v) is 8.01. The SMILES string of the molecule is Cc1ccc(-c2noc(-c3nn4c(C(F)(F)F)cc(-c5cccs5)nc4c3Cl)n2)cc1. The van der Waals surface area contributed by atoms with Crippen LogP contribution in [0.5, 0.6) is 0 Å². The van der Waals surface area contributed by atoms with Gasteiger partial charge in [-0.15, -0.1) is 11.3 Å². The van der Waals surface area contributed by atoms with Crippen molar-refractivity contribution in [3.05, 3.63) is 64.1 Å². The number of aryl methyl sites for hydroxylation is 1. The molecule has 0 aliphatic carbocycles. The first kappa shape index (κ1) is 19.7. The number of thiophene rings is 1. The van der Waals surface area contributed by atoms with Gasteiger partial charge in [0, 0.05) is 5.56 Å². The summed E-state index contributed by atoms with van der Waals surface area (Å²) in [6, 6.07) is 11.7. The minimum Gasteiger partial charge on any atom is -0.332 e. The highest BCUT2D eigenvalue weighted by Gasteiger charge is 2.36. The van der Waals surface area contributed by atoms with Crippen molar-refractivity contribution in [1.82, 2.24) is 24.7 Å². The van der Waals surface area contributed by atoms with Gasteiger partial charge in [-0.2, -0.15) is 23.3 Å². The number of aromatic nitrogens is 5. The summed E-state index contributed by atoms with van der Waals surface area (Å²) in [6.45, 7) is 1.94. The number of alkyl halides is 3. The molecule has 0 saturated carbocycles. The van der Waals surface area contributed by atoms with Crippen molar-refractivity contribution in [3.8, 4) is 33.5 Å². The van der Waals surface area contributed by atoms with E-state index in [1.54, 1.807) is 17.5 Å². The third-order valence-electron chi connectivity index (χ3n) is 4.54. The van der Waals surface area contributed by atoms with Crippen LogP contribution in [-0.2, 0) is 6.18 Å². The van der Waals surface area contributed by atoms with Crippen LogP contribution in [-0.4, -0.2) is 24.7 Å². The molecule has 0 fully saturated rings. The van der Waals surface area contributed by atoms with Gasteiger partial charge in [0.2, 0.25) is 5.82 Å². The number of rotatable bonds is 3. The van der Waals surface area contributed by atoms with E-state index < -0.39 is 11.9 Å². The first-order valence-electron chi connectivity index (χ1n) is 8.93. The molecule has 0 atom stereocenters. The number of fused-ring (bicyclic) bond motifs is 1. The molecule has 11 heteroatoms. The molecular weight excluding hydrogens is 451 g/mol. The van der Waals surface area contributed by atoms with Crippen LogP contribution >= 0.6 is 22.9 Å². The molecule has 0 aliphatic rings. The molecular formula is C20H11ClF3N5OS. The summed E-state index contributed by atoms with van der Waals surface area (Å²) in [5.74, 6) is 0.170. The number of benzene rings is 1. The first-order chi connectivity index (χ1) is 14.8. The molecule has 5 rings (SSSR count).